The van der Waals surface area contributed by atoms with Gasteiger partial charge in [0.25, 0.3) is 0 Å². The maximum Gasteiger partial charge on any atom is 0.330 e. The quantitative estimate of drug-likeness (QED) is 0.328. The maximum absolute atomic E-state index is 10.7. The molecule has 0 N–H and O–H groups in total. The monoisotopic (exact) mass is 242 g/mol. The van der Waals surface area contributed by atoms with E-state index < -0.39 is 11.9 Å². The molecular formula is C12H18O5. The standard InChI is InChI=1S/C12H18O5/c1-3-11(13)16-8-6-5-7-15-9-10-17-12(14)4-2/h3-4H,1-2,5-10H2. The van der Waals surface area contributed by atoms with Crippen molar-refractivity contribution < 1.29 is 23.8 Å². The zero-order valence-electron chi connectivity index (χ0n) is 9.85. The Balaban J connectivity index is 3.13. The molecule has 0 atom stereocenters. The fourth-order valence-corrected chi connectivity index (χ4v) is 0.900. The minimum Gasteiger partial charge on any atom is -0.463 e. The highest BCUT2D eigenvalue weighted by Gasteiger charge is 1.96. The van der Waals surface area contributed by atoms with E-state index in [-0.39, 0.29) is 6.61 Å². The van der Waals surface area contributed by atoms with Gasteiger partial charge in [0.15, 0.2) is 0 Å². The number of hydrogen-bond donors (Lipinski definition) is 0. The molecule has 0 aromatic carbocycles. The summed E-state index contributed by atoms with van der Waals surface area (Å²) in [4.78, 5) is 21.3. The van der Waals surface area contributed by atoms with Crippen LogP contribution in [-0.2, 0) is 23.8 Å². The van der Waals surface area contributed by atoms with Crippen molar-refractivity contribution in [3.8, 4) is 0 Å². The van der Waals surface area contributed by atoms with Crippen molar-refractivity contribution in [2.75, 3.05) is 26.4 Å². The second-order valence-corrected chi connectivity index (χ2v) is 3.06. The highest BCUT2D eigenvalue weighted by Crippen LogP contribution is 1.92. The molecule has 5 nitrogen and oxygen atoms in total. The van der Waals surface area contributed by atoms with Gasteiger partial charge in [-0.15, -0.1) is 0 Å². The van der Waals surface area contributed by atoms with Crippen molar-refractivity contribution in [1.82, 2.24) is 0 Å². The Morgan fingerprint density at radius 1 is 0.824 bits per heavy atom. The van der Waals surface area contributed by atoms with Crippen LogP contribution in [-0.4, -0.2) is 38.4 Å². The van der Waals surface area contributed by atoms with Gasteiger partial charge in [0.2, 0.25) is 0 Å². The van der Waals surface area contributed by atoms with Gasteiger partial charge in [-0.2, -0.15) is 0 Å². The summed E-state index contributed by atoms with van der Waals surface area (Å²) in [6.45, 7) is 8.02. The van der Waals surface area contributed by atoms with Gasteiger partial charge in [0.05, 0.1) is 13.2 Å². The van der Waals surface area contributed by atoms with Gasteiger partial charge in [0, 0.05) is 18.8 Å². The largest absolute Gasteiger partial charge is 0.463 e. The van der Waals surface area contributed by atoms with Crippen LogP contribution in [0.3, 0.4) is 0 Å². The molecule has 0 saturated heterocycles. The number of esters is 2. The lowest BCUT2D eigenvalue weighted by molar-refractivity contribution is -0.139. The molecule has 17 heavy (non-hydrogen) atoms. The molecule has 0 fully saturated rings. The normalized spacial score (nSPS) is 9.41. The smallest absolute Gasteiger partial charge is 0.330 e. The summed E-state index contributed by atoms with van der Waals surface area (Å²) in [5.41, 5.74) is 0. The summed E-state index contributed by atoms with van der Waals surface area (Å²) in [5.74, 6) is -0.868. The lowest BCUT2D eigenvalue weighted by Crippen LogP contribution is -2.09. The molecule has 0 bridgehead atoms. The summed E-state index contributed by atoms with van der Waals surface area (Å²) in [7, 11) is 0. The molecule has 0 aliphatic rings. The number of rotatable bonds is 10. The number of carbonyl (C=O) groups is 2. The molecule has 0 spiro atoms. The maximum atomic E-state index is 10.7. The first-order chi connectivity index (χ1) is 8.20. The Labute approximate surface area is 101 Å². The Morgan fingerprint density at radius 3 is 1.94 bits per heavy atom. The minimum atomic E-state index is -0.454. The fourth-order valence-electron chi connectivity index (χ4n) is 0.900. The molecule has 0 rings (SSSR count). The Bertz CT molecular complexity index is 234. The van der Waals surface area contributed by atoms with Gasteiger partial charge < -0.3 is 14.2 Å². The van der Waals surface area contributed by atoms with Crippen LogP contribution < -0.4 is 0 Å². The van der Waals surface area contributed by atoms with E-state index in [1.165, 1.54) is 0 Å². The molecule has 0 aromatic heterocycles. The molecule has 0 heterocycles. The van der Waals surface area contributed by atoms with E-state index in [2.05, 4.69) is 13.2 Å². The Kier molecular flexibility index (Phi) is 9.85. The van der Waals surface area contributed by atoms with Crippen molar-refractivity contribution in [3.05, 3.63) is 25.3 Å². The molecule has 5 heteroatoms. The second kappa shape index (κ2) is 10.9. The number of carbonyl (C=O) groups excluding carboxylic acids is 2. The summed E-state index contributed by atoms with van der Waals surface area (Å²) in [6, 6.07) is 0. The number of hydrogen-bond acceptors (Lipinski definition) is 5. The van der Waals surface area contributed by atoms with E-state index in [0.29, 0.717) is 19.8 Å². The number of unbranched alkanes of at least 4 members (excludes halogenated alkanes) is 1. The average Bonchev–Trinajstić information content (AvgIpc) is 2.35. The van der Waals surface area contributed by atoms with Crippen molar-refractivity contribution in [3.63, 3.8) is 0 Å². The molecule has 0 unspecified atom stereocenters. The van der Waals surface area contributed by atoms with Gasteiger partial charge in [0.1, 0.15) is 6.61 Å². The van der Waals surface area contributed by atoms with E-state index in [0.717, 1.165) is 25.0 Å². The molecule has 96 valence electrons. The van der Waals surface area contributed by atoms with E-state index in [4.69, 9.17) is 14.2 Å². The lowest BCUT2D eigenvalue weighted by atomic mass is 10.3. The van der Waals surface area contributed by atoms with Gasteiger partial charge in [-0.25, -0.2) is 9.59 Å². The minimum absolute atomic E-state index is 0.219. The van der Waals surface area contributed by atoms with Crippen LogP contribution in [0.25, 0.3) is 0 Å². The predicted octanol–water partition coefficient (Wildman–Crippen LogP) is 1.24. The van der Waals surface area contributed by atoms with Crippen molar-refractivity contribution in [2.45, 2.75) is 12.8 Å². The van der Waals surface area contributed by atoms with Gasteiger partial charge in [-0.05, 0) is 12.8 Å². The highest BCUT2D eigenvalue weighted by atomic mass is 16.6. The SMILES string of the molecule is C=CC(=O)OCCCCOCCOC(=O)C=C. The Morgan fingerprint density at radius 2 is 1.35 bits per heavy atom. The third kappa shape index (κ3) is 10.7. The topological polar surface area (TPSA) is 61.8 Å². The molecule has 0 saturated carbocycles. The third-order valence-electron chi connectivity index (χ3n) is 1.73. The summed E-state index contributed by atoms with van der Waals surface area (Å²) < 4.78 is 14.7. The zero-order chi connectivity index (χ0) is 12.9. The lowest BCUT2D eigenvalue weighted by Gasteiger charge is -2.04. The van der Waals surface area contributed by atoms with Crippen LogP contribution in [0.15, 0.2) is 25.3 Å². The molecule has 0 aliphatic heterocycles. The van der Waals surface area contributed by atoms with Crippen LogP contribution in [0.5, 0.6) is 0 Å². The van der Waals surface area contributed by atoms with Crippen molar-refractivity contribution >= 4 is 11.9 Å². The first-order valence-electron chi connectivity index (χ1n) is 5.37. The van der Waals surface area contributed by atoms with Crippen LogP contribution in [0.4, 0.5) is 0 Å². The van der Waals surface area contributed by atoms with E-state index in [9.17, 15) is 9.59 Å². The predicted molar refractivity (Wildman–Crippen MR) is 62.4 cm³/mol. The molecule has 0 amide bonds. The van der Waals surface area contributed by atoms with Crippen molar-refractivity contribution in [2.24, 2.45) is 0 Å². The van der Waals surface area contributed by atoms with Crippen LogP contribution in [0.1, 0.15) is 12.8 Å². The molecule has 0 radical (unpaired) electrons. The third-order valence-corrected chi connectivity index (χ3v) is 1.73. The molecular weight excluding hydrogens is 224 g/mol. The second-order valence-electron chi connectivity index (χ2n) is 3.06. The summed E-state index contributed by atoms with van der Waals surface area (Å²) in [5, 5.41) is 0. The first-order valence-corrected chi connectivity index (χ1v) is 5.37. The van der Waals surface area contributed by atoms with Crippen LogP contribution in [0, 0.1) is 0 Å². The van der Waals surface area contributed by atoms with Gasteiger partial charge in [-0.3, -0.25) is 0 Å². The fraction of sp³-hybridized carbons (Fsp3) is 0.500. The molecule has 0 aromatic rings. The Hall–Kier alpha value is -1.62. The zero-order valence-corrected chi connectivity index (χ0v) is 9.85. The average molecular weight is 242 g/mol. The van der Waals surface area contributed by atoms with E-state index in [1.807, 2.05) is 0 Å². The summed E-state index contributed by atoms with van der Waals surface area (Å²) >= 11 is 0. The number of ether oxygens (including phenoxy) is 3. The van der Waals surface area contributed by atoms with Crippen LogP contribution >= 0.6 is 0 Å². The van der Waals surface area contributed by atoms with Gasteiger partial charge in [-0.1, -0.05) is 13.2 Å². The highest BCUT2D eigenvalue weighted by molar-refractivity contribution is 5.81. The summed E-state index contributed by atoms with van der Waals surface area (Å²) in [6.07, 6.45) is 3.74. The van der Waals surface area contributed by atoms with Crippen LogP contribution in [0.2, 0.25) is 0 Å². The molecule has 0 aliphatic carbocycles. The van der Waals surface area contributed by atoms with Gasteiger partial charge >= 0.3 is 11.9 Å². The first kappa shape index (κ1) is 15.4. The van der Waals surface area contributed by atoms with Crippen molar-refractivity contribution in [1.29, 1.82) is 0 Å². The van der Waals surface area contributed by atoms with E-state index in [1.54, 1.807) is 0 Å². The van der Waals surface area contributed by atoms with E-state index >= 15 is 0 Å².